The standard InChI is InChI=1S/C15H12N4O3/c1-11-7-14(19(20)21)15(17-9-11)22-13-4-2-3-12(8-13)18-6-5-16-10-18/h2-10H,1H3. The van der Waals surface area contributed by atoms with Gasteiger partial charge in [0.1, 0.15) is 5.75 Å². The van der Waals surface area contributed by atoms with Crippen molar-refractivity contribution in [1.29, 1.82) is 0 Å². The summed E-state index contributed by atoms with van der Waals surface area (Å²) in [5, 5.41) is 11.1. The number of aromatic nitrogens is 3. The van der Waals surface area contributed by atoms with E-state index in [1.54, 1.807) is 43.8 Å². The summed E-state index contributed by atoms with van der Waals surface area (Å²) in [6, 6.07) is 8.58. The Hall–Kier alpha value is -3.22. The zero-order chi connectivity index (χ0) is 15.5. The summed E-state index contributed by atoms with van der Waals surface area (Å²) < 4.78 is 7.39. The van der Waals surface area contributed by atoms with Crippen LogP contribution in [0, 0.1) is 17.0 Å². The van der Waals surface area contributed by atoms with Crippen LogP contribution in [0.3, 0.4) is 0 Å². The van der Waals surface area contributed by atoms with Crippen LogP contribution >= 0.6 is 0 Å². The number of hydrogen-bond acceptors (Lipinski definition) is 5. The van der Waals surface area contributed by atoms with E-state index in [1.807, 2.05) is 10.6 Å². The number of aryl methyl sites for hydroxylation is 1. The molecule has 0 radical (unpaired) electrons. The normalized spacial score (nSPS) is 10.4. The third kappa shape index (κ3) is 2.78. The van der Waals surface area contributed by atoms with Crippen molar-refractivity contribution in [3.05, 3.63) is 70.9 Å². The van der Waals surface area contributed by atoms with Crippen LogP contribution in [-0.4, -0.2) is 19.5 Å². The second-order valence-corrected chi connectivity index (χ2v) is 4.66. The zero-order valence-corrected chi connectivity index (χ0v) is 11.7. The van der Waals surface area contributed by atoms with Crippen molar-refractivity contribution in [1.82, 2.24) is 14.5 Å². The molecule has 0 atom stereocenters. The minimum Gasteiger partial charge on any atom is -0.434 e. The van der Waals surface area contributed by atoms with Crippen molar-refractivity contribution in [2.45, 2.75) is 6.92 Å². The van der Waals surface area contributed by atoms with Crippen molar-refractivity contribution in [3.8, 4) is 17.3 Å². The smallest absolute Gasteiger partial charge is 0.331 e. The van der Waals surface area contributed by atoms with Gasteiger partial charge in [-0.1, -0.05) is 6.07 Å². The van der Waals surface area contributed by atoms with Gasteiger partial charge in [0, 0.05) is 30.7 Å². The fraction of sp³-hybridized carbons (Fsp3) is 0.0667. The Balaban J connectivity index is 1.94. The molecule has 0 aliphatic carbocycles. The zero-order valence-electron chi connectivity index (χ0n) is 11.7. The number of ether oxygens (including phenoxy) is 1. The maximum Gasteiger partial charge on any atom is 0.331 e. The third-order valence-electron chi connectivity index (χ3n) is 3.00. The highest BCUT2D eigenvalue weighted by atomic mass is 16.6. The van der Waals surface area contributed by atoms with Crippen LogP contribution in [0.2, 0.25) is 0 Å². The van der Waals surface area contributed by atoms with Gasteiger partial charge in [0.25, 0.3) is 5.88 Å². The molecule has 0 bridgehead atoms. The van der Waals surface area contributed by atoms with E-state index in [0.717, 1.165) is 5.69 Å². The molecule has 0 aliphatic rings. The number of benzene rings is 1. The summed E-state index contributed by atoms with van der Waals surface area (Å²) in [6.45, 7) is 1.74. The molecule has 0 spiro atoms. The topological polar surface area (TPSA) is 83.1 Å². The van der Waals surface area contributed by atoms with E-state index in [0.29, 0.717) is 11.3 Å². The Morgan fingerprint density at radius 3 is 2.91 bits per heavy atom. The Labute approximate surface area is 126 Å². The molecule has 3 aromatic rings. The molecule has 2 heterocycles. The first-order valence-corrected chi connectivity index (χ1v) is 6.51. The van der Waals surface area contributed by atoms with E-state index < -0.39 is 4.92 Å². The van der Waals surface area contributed by atoms with Gasteiger partial charge in [0.2, 0.25) is 0 Å². The highest BCUT2D eigenvalue weighted by molar-refractivity contribution is 5.47. The summed E-state index contributed by atoms with van der Waals surface area (Å²) in [4.78, 5) is 18.6. The fourth-order valence-electron chi connectivity index (χ4n) is 1.98. The number of pyridine rings is 1. The molecule has 7 nitrogen and oxygen atoms in total. The van der Waals surface area contributed by atoms with Gasteiger partial charge in [-0.3, -0.25) is 10.1 Å². The maximum atomic E-state index is 11.1. The van der Waals surface area contributed by atoms with E-state index >= 15 is 0 Å². The molecule has 0 N–H and O–H groups in total. The number of imidazole rings is 1. The number of nitrogens with zero attached hydrogens (tertiary/aromatic N) is 4. The van der Waals surface area contributed by atoms with E-state index in [4.69, 9.17) is 4.74 Å². The summed E-state index contributed by atoms with van der Waals surface area (Å²) in [5.41, 5.74) is 1.38. The lowest BCUT2D eigenvalue weighted by atomic mass is 10.3. The minimum absolute atomic E-state index is 0.0293. The summed E-state index contributed by atoms with van der Waals surface area (Å²) >= 11 is 0. The SMILES string of the molecule is Cc1cnc(Oc2cccc(-n3ccnc3)c2)c([N+](=O)[O-])c1. The quantitative estimate of drug-likeness (QED) is 0.545. The summed E-state index contributed by atoms with van der Waals surface area (Å²) in [7, 11) is 0. The van der Waals surface area contributed by atoms with Crippen molar-refractivity contribution in [3.63, 3.8) is 0 Å². The molecule has 0 unspecified atom stereocenters. The largest absolute Gasteiger partial charge is 0.434 e. The summed E-state index contributed by atoms with van der Waals surface area (Å²) in [5.74, 6) is 0.434. The molecule has 0 saturated heterocycles. The van der Waals surface area contributed by atoms with Crippen LogP contribution in [0.5, 0.6) is 11.6 Å². The Morgan fingerprint density at radius 2 is 2.18 bits per heavy atom. The molecule has 3 rings (SSSR count). The third-order valence-corrected chi connectivity index (χ3v) is 3.00. The van der Waals surface area contributed by atoms with Crippen LogP contribution in [-0.2, 0) is 0 Å². The first-order valence-electron chi connectivity index (χ1n) is 6.51. The van der Waals surface area contributed by atoms with Gasteiger partial charge < -0.3 is 9.30 Å². The molecule has 1 aromatic carbocycles. The lowest BCUT2D eigenvalue weighted by Crippen LogP contribution is -1.97. The van der Waals surface area contributed by atoms with E-state index in [9.17, 15) is 10.1 Å². The van der Waals surface area contributed by atoms with Crippen LogP contribution in [0.4, 0.5) is 5.69 Å². The Kier molecular flexibility index (Phi) is 3.53. The Bertz CT molecular complexity index is 815. The van der Waals surface area contributed by atoms with Crippen LogP contribution in [0.1, 0.15) is 5.56 Å². The molecule has 0 fully saturated rings. The van der Waals surface area contributed by atoms with E-state index in [-0.39, 0.29) is 11.6 Å². The Morgan fingerprint density at radius 1 is 1.32 bits per heavy atom. The molecule has 7 heteroatoms. The molecule has 22 heavy (non-hydrogen) atoms. The number of hydrogen-bond donors (Lipinski definition) is 0. The second-order valence-electron chi connectivity index (χ2n) is 4.66. The van der Waals surface area contributed by atoms with Crippen molar-refractivity contribution in [2.75, 3.05) is 0 Å². The van der Waals surface area contributed by atoms with Crippen molar-refractivity contribution < 1.29 is 9.66 Å². The predicted octanol–water partition coefficient (Wildman–Crippen LogP) is 3.28. The number of rotatable bonds is 4. The number of nitro groups is 1. The first kappa shape index (κ1) is 13.7. The molecular weight excluding hydrogens is 284 g/mol. The fourth-order valence-corrected chi connectivity index (χ4v) is 1.98. The monoisotopic (exact) mass is 296 g/mol. The maximum absolute atomic E-state index is 11.1. The predicted molar refractivity (Wildman–Crippen MR) is 79.3 cm³/mol. The van der Waals surface area contributed by atoms with Gasteiger partial charge in [-0.05, 0) is 24.6 Å². The minimum atomic E-state index is -0.505. The first-order chi connectivity index (χ1) is 10.6. The van der Waals surface area contributed by atoms with Gasteiger partial charge in [-0.2, -0.15) is 0 Å². The lowest BCUT2D eigenvalue weighted by molar-refractivity contribution is -0.386. The molecule has 110 valence electrons. The van der Waals surface area contributed by atoms with Crippen molar-refractivity contribution in [2.24, 2.45) is 0 Å². The highest BCUT2D eigenvalue weighted by Gasteiger charge is 2.18. The van der Waals surface area contributed by atoms with Crippen LogP contribution in [0.15, 0.2) is 55.2 Å². The van der Waals surface area contributed by atoms with Gasteiger partial charge in [-0.15, -0.1) is 0 Å². The lowest BCUT2D eigenvalue weighted by Gasteiger charge is -2.08. The van der Waals surface area contributed by atoms with Gasteiger partial charge in [0.05, 0.1) is 16.9 Å². The van der Waals surface area contributed by atoms with Crippen LogP contribution < -0.4 is 4.74 Å². The highest BCUT2D eigenvalue weighted by Crippen LogP contribution is 2.30. The molecule has 0 aliphatic heterocycles. The average molecular weight is 296 g/mol. The van der Waals surface area contributed by atoms with Gasteiger partial charge in [-0.25, -0.2) is 9.97 Å². The second kappa shape index (κ2) is 5.65. The average Bonchev–Trinajstić information content (AvgIpc) is 3.03. The molecule has 2 aromatic heterocycles. The van der Waals surface area contributed by atoms with Gasteiger partial charge >= 0.3 is 5.69 Å². The summed E-state index contributed by atoms with van der Waals surface area (Å²) in [6.07, 6.45) is 6.65. The molecule has 0 saturated carbocycles. The van der Waals surface area contributed by atoms with Crippen molar-refractivity contribution >= 4 is 5.69 Å². The van der Waals surface area contributed by atoms with Crippen LogP contribution in [0.25, 0.3) is 5.69 Å². The molecular formula is C15H12N4O3. The van der Waals surface area contributed by atoms with E-state index in [2.05, 4.69) is 9.97 Å². The molecule has 0 amide bonds. The van der Waals surface area contributed by atoms with E-state index in [1.165, 1.54) is 12.3 Å². The van der Waals surface area contributed by atoms with Gasteiger partial charge in [0.15, 0.2) is 0 Å².